The van der Waals surface area contributed by atoms with E-state index >= 15 is 0 Å². The number of piperidine rings is 1. The van der Waals surface area contributed by atoms with Crippen LogP contribution in [0, 0.1) is 11.2 Å². The first-order valence-corrected chi connectivity index (χ1v) is 9.82. The number of hydrogen-bond donors (Lipinski definition) is 0. The lowest BCUT2D eigenvalue weighted by atomic mass is 9.73. The summed E-state index contributed by atoms with van der Waals surface area (Å²) in [7, 11) is 1.53. The lowest BCUT2D eigenvalue weighted by Gasteiger charge is -2.40. The number of carbonyl (C=O) groups is 1. The van der Waals surface area contributed by atoms with Crippen molar-refractivity contribution in [2.75, 3.05) is 26.8 Å². The van der Waals surface area contributed by atoms with Crippen LogP contribution in [0.5, 0.6) is 5.75 Å². The highest BCUT2D eigenvalue weighted by atomic mass is 19.1. The number of hydrogen-bond acceptors (Lipinski definition) is 4. The highest BCUT2D eigenvalue weighted by Gasteiger charge is 2.42. The maximum atomic E-state index is 14.3. The van der Waals surface area contributed by atoms with Crippen LogP contribution in [0.4, 0.5) is 4.39 Å². The molecule has 150 valence electrons. The van der Waals surface area contributed by atoms with Crippen LogP contribution in [0.1, 0.15) is 30.9 Å². The Hall–Kier alpha value is -2.40. The van der Waals surface area contributed by atoms with Crippen LogP contribution in [-0.2, 0) is 22.5 Å². The predicted molar refractivity (Wildman–Crippen MR) is 107 cm³/mol. The van der Waals surface area contributed by atoms with Crippen molar-refractivity contribution in [1.29, 1.82) is 0 Å². The second kappa shape index (κ2) is 9.20. The molecular formula is C23H28FNO3. The summed E-state index contributed by atoms with van der Waals surface area (Å²) in [5.41, 5.74) is 1.28. The Morgan fingerprint density at radius 1 is 1.14 bits per heavy atom. The van der Waals surface area contributed by atoms with Gasteiger partial charge in [0.15, 0.2) is 0 Å². The minimum Gasteiger partial charge on any atom is -0.497 e. The van der Waals surface area contributed by atoms with Crippen molar-refractivity contribution in [2.45, 2.75) is 32.7 Å². The molecular weight excluding hydrogens is 357 g/mol. The van der Waals surface area contributed by atoms with Gasteiger partial charge in [-0.15, -0.1) is 0 Å². The first-order chi connectivity index (χ1) is 13.6. The normalized spacial score (nSPS) is 16.5. The first kappa shape index (κ1) is 20.3. The molecule has 0 aliphatic carbocycles. The number of ether oxygens (including phenoxy) is 2. The fourth-order valence-electron chi connectivity index (χ4n) is 3.89. The largest absolute Gasteiger partial charge is 0.497 e. The summed E-state index contributed by atoms with van der Waals surface area (Å²) in [5.74, 6) is 0.143. The molecule has 1 aliphatic heterocycles. The maximum Gasteiger partial charge on any atom is 0.312 e. The van der Waals surface area contributed by atoms with E-state index in [1.54, 1.807) is 12.1 Å². The Kier molecular flexibility index (Phi) is 6.68. The minimum absolute atomic E-state index is 0.117. The van der Waals surface area contributed by atoms with Gasteiger partial charge in [0.2, 0.25) is 0 Å². The third-order valence-corrected chi connectivity index (χ3v) is 5.56. The number of methoxy groups -OCH3 is 1. The van der Waals surface area contributed by atoms with Crippen molar-refractivity contribution in [3.05, 3.63) is 65.5 Å². The standard InChI is InChI=1S/C23H28FNO3/c1-3-28-22(26)23(16-18-7-5-4-6-8-18)11-13-25(14-12-23)17-19-9-10-20(27-2)15-21(19)24/h4-10,15H,3,11-14,16-17H2,1-2H3. The SMILES string of the molecule is CCOC(=O)C1(Cc2ccccc2)CCN(Cc2ccc(OC)cc2F)CC1. The molecule has 0 aromatic heterocycles. The van der Waals surface area contributed by atoms with E-state index in [1.165, 1.54) is 13.2 Å². The highest BCUT2D eigenvalue weighted by molar-refractivity contribution is 5.77. The lowest BCUT2D eigenvalue weighted by Crippen LogP contribution is -2.46. The molecule has 1 saturated heterocycles. The minimum atomic E-state index is -0.508. The van der Waals surface area contributed by atoms with Gasteiger partial charge in [-0.05, 0) is 50.9 Å². The number of likely N-dealkylation sites (tertiary alicyclic amines) is 1. The Morgan fingerprint density at radius 2 is 1.86 bits per heavy atom. The molecule has 5 heteroatoms. The Balaban J connectivity index is 1.69. The van der Waals surface area contributed by atoms with E-state index in [-0.39, 0.29) is 11.8 Å². The molecule has 0 radical (unpaired) electrons. The van der Waals surface area contributed by atoms with Gasteiger partial charge in [0.25, 0.3) is 0 Å². The average molecular weight is 385 g/mol. The smallest absolute Gasteiger partial charge is 0.312 e. The molecule has 4 nitrogen and oxygen atoms in total. The molecule has 1 aliphatic rings. The van der Waals surface area contributed by atoms with Gasteiger partial charge in [-0.1, -0.05) is 36.4 Å². The summed E-state index contributed by atoms with van der Waals surface area (Å²) in [5, 5.41) is 0. The second-order valence-electron chi connectivity index (χ2n) is 7.40. The molecule has 0 saturated carbocycles. The van der Waals surface area contributed by atoms with E-state index in [9.17, 15) is 9.18 Å². The summed E-state index contributed by atoms with van der Waals surface area (Å²) in [6.07, 6.45) is 2.09. The van der Waals surface area contributed by atoms with Crippen molar-refractivity contribution in [3.63, 3.8) is 0 Å². The van der Waals surface area contributed by atoms with E-state index in [0.29, 0.717) is 43.7 Å². The van der Waals surface area contributed by atoms with Crippen LogP contribution in [0.2, 0.25) is 0 Å². The summed E-state index contributed by atoms with van der Waals surface area (Å²) in [6.45, 7) is 4.22. The third kappa shape index (κ3) is 4.71. The van der Waals surface area contributed by atoms with Gasteiger partial charge in [0.1, 0.15) is 11.6 Å². The monoisotopic (exact) mass is 385 g/mol. The zero-order chi connectivity index (χ0) is 20.0. The van der Waals surface area contributed by atoms with Gasteiger partial charge >= 0.3 is 5.97 Å². The molecule has 0 amide bonds. The highest BCUT2D eigenvalue weighted by Crippen LogP contribution is 2.37. The molecule has 2 aromatic rings. The Labute approximate surface area is 166 Å². The number of benzene rings is 2. The van der Waals surface area contributed by atoms with Crippen LogP contribution in [0.3, 0.4) is 0 Å². The first-order valence-electron chi connectivity index (χ1n) is 9.82. The Bertz CT molecular complexity index is 786. The molecule has 0 atom stereocenters. The third-order valence-electron chi connectivity index (χ3n) is 5.56. The zero-order valence-corrected chi connectivity index (χ0v) is 16.6. The number of esters is 1. The van der Waals surface area contributed by atoms with E-state index < -0.39 is 5.41 Å². The average Bonchev–Trinajstić information content (AvgIpc) is 2.72. The number of rotatable bonds is 7. The van der Waals surface area contributed by atoms with Crippen molar-refractivity contribution < 1.29 is 18.7 Å². The summed E-state index contributed by atoms with van der Waals surface area (Å²) < 4.78 is 24.8. The van der Waals surface area contributed by atoms with Gasteiger partial charge in [0, 0.05) is 18.2 Å². The van der Waals surface area contributed by atoms with Gasteiger partial charge in [0.05, 0.1) is 19.1 Å². The van der Waals surface area contributed by atoms with E-state index in [2.05, 4.69) is 17.0 Å². The van der Waals surface area contributed by atoms with E-state index in [0.717, 1.165) is 18.7 Å². The molecule has 28 heavy (non-hydrogen) atoms. The number of halogens is 1. The molecule has 0 unspecified atom stereocenters. The molecule has 0 N–H and O–H groups in total. The summed E-state index contributed by atoms with van der Waals surface area (Å²) in [6, 6.07) is 15.0. The zero-order valence-electron chi connectivity index (χ0n) is 16.6. The second-order valence-corrected chi connectivity index (χ2v) is 7.40. The lowest BCUT2D eigenvalue weighted by molar-refractivity contribution is -0.158. The molecule has 0 bridgehead atoms. The quantitative estimate of drug-likeness (QED) is 0.669. The van der Waals surface area contributed by atoms with Crippen LogP contribution < -0.4 is 4.74 Å². The van der Waals surface area contributed by atoms with Crippen molar-refractivity contribution in [1.82, 2.24) is 4.90 Å². The van der Waals surface area contributed by atoms with Crippen LogP contribution in [0.25, 0.3) is 0 Å². The maximum absolute atomic E-state index is 14.3. The number of nitrogens with zero attached hydrogens (tertiary/aromatic N) is 1. The molecule has 2 aromatic carbocycles. The van der Waals surface area contributed by atoms with Gasteiger partial charge in [-0.2, -0.15) is 0 Å². The Morgan fingerprint density at radius 3 is 2.46 bits per heavy atom. The summed E-state index contributed by atoms with van der Waals surface area (Å²) in [4.78, 5) is 15.0. The fraction of sp³-hybridized carbons (Fsp3) is 0.435. The molecule has 1 fully saturated rings. The molecule has 0 spiro atoms. The number of carbonyl (C=O) groups excluding carboxylic acids is 1. The van der Waals surface area contributed by atoms with E-state index in [4.69, 9.17) is 9.47 Å². The fourth-order valence-corrected chi connectivity index (χ4v) is 3.89. The van der Waals surface area contributed by atoms with Gasteiger partial charge < -0.3 is 9.47 Å². The van der Waals surface area contributed by atoms with E-state index in [1.807, 2.05) is 25.1 Å². The van der Waals surface area contributed by atoms with Gasteiger partial charge in [-0.3, -0.25) is 9.69 Å². The topological polar surface area (TPSA) is 38.8 Å². The van der Waals surface area contributed by atoms with Crippen molar-refractivity contribution in [3.8, 4) is 5.75 Å². The van der Waals surface area contributed by atoms with Crippen LogP contribution in [0.15, 0.2) is 48.5 Å². The molecule has 1 heterocycles. The predicted octanol–water partition coefficient (Wildman–Crippen LogP) is 4.22. The van der Waals surface area contributed by atoms with Crippen molar-refractivity contribution in [2.24, 2.45) is 5.41 Å². The van der Waals surface area contributed by atoms with Crippen LogP contribution in [-0.4, -0.2) is 37.7 Å². The van der Waals surface area contributed by atoms with Gasteiger partial charge in [-0.25, -0.2) is 4.39 Å². The summed E-state index contributed by atoms with van der Waals surface area (Å²) >= 11 is 0. The van der Waals surface area contributed by atoms with Crippen molar-refractivity contribution >= 4 is 5.97 Å². The van der Waals surface area contributed by atoms with Crippen LogP contribution >= 0.6 is 0 Å². The molecule has 3 rings (SSSR count).